The van der Waals surface area contributed by atoms with Crippen LogP contribution in [0, 0.1) is 5.82 Å². The lowest BCUT2D eigenvalue weighted by atomic mass is 10.3. The summed E-state index contributed by atoms with van der Waals surface area (Å²) >= 11 is 0. The van der Waals surface area contributed by atoms with Crippen LogP contribution in [0.1, 0.15) is 0 Å². The third-order valence-electron chi connectivity index (χ3n) is 1.98. The molecule has 0 aliphatic carbocycles. The van der Waals surface area contributed by atoms with Gasteiger partial charge in [0.25, 0.3) is 5.91 Å². The van der Waals surface area contributed by atoms with Crippen LogP contribution in [0.3, 0.4) is 0 Å². The Hall–Kier alpha value is -1.08. The lowest BCUT2D eigenvalue weighted by molar-refractivity contribution is -0.115. The summed E-state index contributed by atoms with van der Waals surface area (Å²) < 4.78 is 34.5. The minimum absolute atomic E-state index is 0.0571. The minimum Gasteiger partial charge on any atom is -0.325 e. The summed E-state index contributed by atoms with van der Waals surface area (Å²) in [4.78, 5) is 46.7. The average molecular weight is 313 g/mol. The molecule has 0 fully saturated rings. The van der Waals surface area contributed by atoms with Crippen molar-refractivity contribution in [1.29, 1.82) is 0 Å². The molecule has 8 nitrogen and oxygen atoms in total. The van der Waals surface area contributed by atoms with E-state index in [-0.39, 0.29) is 5.69 Å². The molecule has 1 rings (SSSR count). The van der Waals surface area contributed by atoms with Gasteiger partial charge in [0.1, 0.15) is 5.82 Å². The van der Waals surface area contributed by atoms with Gasteiger partial charge in [0, 0.05) is 5.69 Å². The molecule has 0 heterocycles. The molecule has 0 aliphatic rings. The van der Waals surface area contributed by atoms with E-state index < -0.39 is 32.3 Å². The number of halogens is 1. The number of nitrogens with one attached hydrogen (secondary N) is 1. The van der Waals surface area contributed by atoms with E-state index in [1.54, 1.807) is 0 Å². The van der Waals surface area contributed by atoms with E-state index in [9.17, 15) is 18.3 Å². The number of anilines is 1. The van der Waals surface area contributed by atoms with Crippen molar-refractivity contribution in [1.82, 2.24) is 0 Å². The highest BCUT2D eigenvalue weighted by Gasteiger charge is 2.49. The fourth-order valence-electron chi connectivity index (χ4n) is 1.24. The molecule has 0 spiro atoms. The maximum atomic E-state index is 12.6. The van der Waals surface area contributed by atoms with E-state index in [0.29, 0.717) is 0 Å². The van der Waals surface area contributed by atoms with Crippen LogP contribution in [0.5, 0.6) is 0 Å². The molecule has 11 heteroatoms. The molecule has 1 amide bonds. The van der Waals surface area contributed by atoms with Crippen molar-refractivity contribution in [3.8, 4) is 0 Å². The van der Waals surface area contributed by atoms with Gasteiger partial charge in [-0.2, -0.15) is 0 Å². The first-order chi connectivity index (χ1) is 8.51. The first kappa shape index (κ1) is 16.0. The predicted octanol–water partition coefficient (Wildman–Crippen LogP) is 0.446. The molecule has 106 valence electrons. The van der Waals surface area contributed by atoms with E-state index >= 15 is 0 Å². The molecule has 0 aromatic heterocycles. The Labute approximate surface area is 106 Å². The zero-order valence-corrected chi connectivity index (χ0v) is 11.0. The number of hydrogen-bond acceptors (Lipinski definition) is 3. The Morgan fingerprint density at radius 2 is 1.47 bits per heavy atom. The van der Waals surface area contributed by atoms with Crippen molar-refractivity contribution in [2.75, 3.05) is 5.32 Å². The maximum Gasteiger partial charge on any atom is 0.350 e. The summed E-state index contributed by atoms with van der Waals surface area (Å²) in [5, 5.41) is -0.909. The maximum absolute atomic E-state index is 12.6. The summed E-state index contributed by atoms with van der Waals surface area (Å²) in [5.74, 6) is -2.16. The highest BCUT2D eigenvalue weighted by Crippen LogP contribution is 2.60. The van der Waals surface area contributed by atoms with Gasteiger partial charge in [-0.05, 0) is 24.3 Å². The normalized spacial score (nSPS) is 12.5. The van der Waals surface area contributed by atoms with Crippen molar-refractivity contribution < 1.29 is 37.9 Å². The highest BCUT2D eigenvalue weighted by molar-refractivity contribution is 7.72. The second-order valence-corrected chi connectivity index (χ2v) is 7.34. The topological polar surface area (TPSA) is 144 Å². The van der Waals surface area contributed by atoms with Crippen molar-refractivity contribution in [2.24, 2.45) is 0 Å². The van der Waals surface area contributed by atoms with Crippen LogP contribution >= 0.6 is 15.2 Å². The Bertz CT molecular complexity index is 541. The van der Waals surface area contributed by atoms with Crippen LogP contribution in [-0.4, -0.2) is 30.9 Å². The molecule has 0 aliphatic heterocycles. The molecule has 1 aromatic rings. The van der Waals surface area contributed by atoms with Gasteiger partial charge in [0.05, 0.1) is 0 Å². The number of rotatable bonds is 4. The quantitative estimate of drug-likeness (QED) is 0.507. The largest absolute Gasteiger partial charge is 0.350 e. The lowest BCUT2D eigenvalue weighted by Crippen LogP contribution is -2.28. The van der Waals surface area contributed by atoms with Crippen molar-refractivity contribution >= 4 is 26.8 Å². The van der Waals surface area contributed by atoms with Crippen molar-refractivity contribution in [3.63, 3.8) is 0 Å². The summed E-state index contributed by atoms with van der Waals surface area (Å²) in [6, 6.07) is 4.06. The molecule has 0 atom stereocenters. The van der Waals surface area contributed by atoms with Crippen molar-refractivity contribution in [2.45, 2.75) is 5.40 Å². The number of amides is 1. The Morgan fingerprint density at radius 1 is 1.05 bits per heavy atom. The fraction of sp³-hybridized carbons (Fsp3) is 0.125. The van der Waals surface area contributed by atoms with Gasteiger partial charge in [-0.1, -0.05) is 0 Å². The Kier molecular flexibility index (Phi) is 4.63. The number of carbonyl (C=O) groups excluding carboxylic acids is 1. The molecule has 0 saturated heterocycles. The summed E-state index contributed by atoms with van der Waals surface area (Å²) in [6.07, 6.45) is 0. The third kappa shape index (κ3) is 4.50. The van der Waals surface area contributed by atoms with Gasteiger partial charge in [-0.25, -0.2) is 4.39 Å². The Morgan fingerprint density at radius 3 is 1.84 bits per heavy atom. The van der Waals surface area contributed by atoms with Gasteiger partial charge < -0.3 is 24.9 Å². The predicted molar refractivity (Wildman–Crippen MR) is 62.9 cm³/mol. The molecular weight excluding hydrogens is 303 g/mol. The molecule has 5 N–H and O–H groups in total. The summed E-state index contributed by atoms with van der Waals surface area (Å²) in [7, 11) is -10.7. The van der Waals surface area contributed by atoms with Crippen LogP contribution in [0.25, 0.3) is 0 Å². The molecule has 0 saturated carbocycles. The molecular formula is C8H10FNO7P2. The van der Waals surface area contributed by atoms with Crippen LogP contribution in [0.4, 0.5) is 10.1 Å². The van der Waals surface area contributed by atoms with E-state index in [1.165, 1.54) is 0 Å². The molecule has 0 unspecified atom stereocenters. The first-order valence-corrected chi connectivity index (χ1v) is 8.05. The monoisotopic (exact) mass is 313 g/mol. The van der Waals surface area contributed by atoms with Crippen molar-refractivity contribution in [3.05, 3.63) is 30.1 Å². The van der Waals surface area contributed by atoms with Crippen LogP contribution in [0.2, 0.25) is 0 Å². The van der Waals surface area contributed by atoms with Crippen LogP contribution < -0.4 is 5.32 Å². The zero-order valence-electron chi connectivity index (χ0n) is 9.17. The highest BCUT2D eigenvalue weighted by atomic mass is 31.2. The Balaban J connectivity index is 3.00. The second kappa shape index (κ2) is 5.50. The number of benzene rings is 1. The molecule has 0 radical (unpaired) electrons. The van der Waals surface area contributed by atoms with E-state index in [2.05, 4.69) is 0 Å². The number of hydrogen-bond donors (Lipinski definition) is 5. The van der Waals surface area contributed by atoms with E-state index in [0.717, 1.165) is 24.3 Å². The SMILES string of the molecule is O=C(Nc1ccc(F)cc1)C(P(=O)(O)O)P(=O)(O)O. The first-order valence-electron chi connectivity index (χ1n) is 4.68. The number of carbonyl (C=O) groups is 1. The van der Waals surface area contributed by atoms with Crippen LogP contribution in [0.15, 0.2) is 24.3 Å². The molecule has 19 heavy (non-hydrogen) atoms. The van der Waals surface area contributed by atoms with Gasteiger partial charge >= 0.3 is 15.2 Å². The lowest BCUT2D eigenvalue weighted by Gasteiger charge is -2.18. The van der Waals surface area contributed by atoms with Gasteiger partial charge in [-0.15, -0.1) is 0 Å². The minimum atomic E-state index is -5.35. The summed E-state index contributed by atoms with van der Waals surface area (Å²) in [6.45, 7) is 0. The van der Waals surface area contributed by atoms with E-state index in [1.807, 2.05) is 5.32 Å². The molecule has 0 bridgehead atoms. The third-order valence-corrected chi connectivity index (χ3v) is 5.53. The second-order valence-electron chi connectivity index (χ2n) is 3.55. The fourth-order valence-corrected chi connectivity index (χ4v) is 3.55. The van der Waals surface area contributed by atoms with Gasteiger partial charge in [-0.3, -0.25) is 13.9 Å². The molecule has 1 aromatic carbocycles. The van der Waals surface area contributed by atoms with Crippen LogP contribution in [-0.2, 0) is 13.9 Å². The zero-order chi connectivity index (χ0) is 14.8. The van der Waals surface area contributed by atoms with Gasteiger partial charge in [0.15, 0.2) is 0 Å². The summed E-state index contributed by atoms with van der Waals surface area (Å²) in [5.41, 5.74) is -0.0571. The standard InChI is InChI=1S/C8H10FNO7P2/c9-5-1-3-6(4-2-5)10-7(11)8(18(12,13)14)19(15,16)17/h1-4,8H,(H,10,11)(H2,12,13,14)(H2,15,16,17). The van der Waals surface area contributed by atoms with E-state index in [4.69, 9.17) is 19.6 Å². The average Bonchev–Trinajstić information content (AvgIpc) is 2.16. The van der Waals surface area contributed by atoms with Gasteiger partial charge in [0.2, 0.25) is 5.40 Å². The smallest absolute Gasteiger partial charge is 0.325 e.